The summed E-state index contributed by atoms with van der Waals surface area (Å²) in [4.78, 5) is 0.873. The first kappa shape index (κ1) is 11.1. The maximum atomic E-state index is 5.85. The summed E-state index contributed by atoms with van der Waals surface area (Å²) < 4.78 is 1.90. The Morgan fingerprint density at radius 2 is 2.06 bits per heavy atom. The highest BCUT2D eigenvalue weighted by molar-refractivity contribution is 7.16. The summed E-state index contributed by atoms with van der Waals surface area (Å²) >= 11 is 1.54. The van der Waals surface area contributed by atoms with Crippen LogP contribution in [0.3, 0.4) is 0 Å². The summed E-state index contributed by atoms with van der Waals surface area (Å²) in [5, 5.41) is 14.0. The van der Waals surface area contributed by atoms with E-state index >= 15 is 0 Å². The summed E-state index contributed by atoms with van der Waals surface area (Å²) in [7, 11) is 0. The van der Waals surface area contributed by atoms with Crippen LogP contribution in [0.1, 0.15) is 61.8 Å². The Morgan fingerprint density at radius 1 is 1.29 bits per heavy atom. The molecule has 0 radical (unpaired) electrons. The molecule has 2 aromatic heterocycles. The molecular weight excluding hydrogens is 234 g/mol. The maximum Gasteiger partial charge on any atom is 0.234 e. The van der Waals surface area contributed by atoms with Gasteiger partial charge in [0.15, 0.2) is 5.82 Å². The van der Waals surface area contributed by atoms with E-state index in [1.54, 1.807) is 11.3 Å². The van der Waals surface area contributed by atoms with Gasteiger partial charge in [-0.1, -0.05) is 30.6 Å². The SMILES string of the molecule is CC(N)c1nn2c(C3CCCCC3)nnc2s1. The van der Waals surface area contributed by atoms with E-state index < -0.39 is 0 Å². The van der Waals surface area contributed by atoms with Crippen molar-refractivity contribution < 1.29 is 0 Å². The quantitative estimate of drug-likeness (QED) is 0.888. The maximum absolute atomic E-state index is 5.85. The molecule has 0 amide bonds. The predicted molar refractivity (Wildman–Crippen MR) is 67.1 cm³/mol. The van der Waals surface area contributed by atoms with Gasteiger partial charge in [0.05, 0.1) is 6.04 Å². The number of nitrogens with zero attached hydrogens (tertiary/aromatic N) is 4. The molecule has 1 atom stereocenters. The van der Waals surface area contributed by atoms with Crippen LogP contribution in [0.2, 0.25) is 0 Å². The molecule has 5 nitrogen and oxygen atoms in total. The van der Waals surface area contributed by atoms with Gasteiger partial charge in [0.25, 0.3) is 0 Å². The van der Waals surface area contributed by atoms with Gasteiger partial charge in [-0.15, -0.1) is 10.2 Å². The molecule has 0 bridgehead atoms. The Bertz CT molecular complexity index is 509. The minimum atomic E-state index is -0.0269. The van der Waals surface area contributed by atoms with Gasteiger partial charge in [-0.3, -0.25) is 0 Å². The zero-order chi connectivity index (χ0) is 11.8. The number of nitrogens with two attached hydrogens (primary N) is 1. The fourth-order valence-corrected chi connectivity index (χ4v) is 3.24. The third-order valence-electron chi connectivity index (χ3n) is 3.39. The molecule has 1 aliphatic rings. The van der Waals surface area contributed by atoms with E-state index in [2.05, 4.69) is 15.3 Å². The van der Waals surface area contributed by atoms with Crippen molar-refractivity contribution in [2.45, 2.75) is 51.0 Å². The zero-order valence-electron chi connectivity index (χ0n) is 9.96. The van der Waals surface area contributed by atoms with Crippen LogP contribution in [0.4, 0.5) is 0 Å². The van der Waals surface area contributed by atoms with Gasteiger partial charge < -0.3 is 5.73 Å². The fourth-order valence-electron chi connectivity index (χ4n) is 2.45. The first-order valence-corrected chi connectivity index (χ1v) is 7.05. The van der Waals surface area contributed by atoms with Crippen LogP contribution in [0.5, 0.6) is 0 Å². The van der Waals surface area contributed by atoms with Crippen molar-refractivity contribution in [1.82, 2.24) is 19.8 Å². The van der Waals surface area contributed by atoms with Crippen LogP contribution < -0.4 is 5.73 Å². The van der Waals surface area contributed by atoms with E-state index in [-0.39, 0.29) is 6.04 Å². The number of aromatic nitrogens is 4. The molecule has 1 fully saturated rings. The highest BCUT2D eigenvalue weighted by atomic mass is 32.1. The first-order chi connectivity index (χ1) is 8.25. The van der Waals surface area contributed by atoms with Gasteiger partial charge in [-0.25, -0.2) is 0 Å². The molecule has 17 heavy (non-hydrogen) atoms. The molecule has 3 rings (SSSR count). The van der Waals surface area contributed by atoms with Crippen molar-refractivity contribution >= 4 is 16.3 Å². The van der Waals surface area contributed by atoms with Crippen LogP contribution in [0.25, 0.3) is 4.96 Å². The Hall–Kier alpha value is -1.01. The molecule has 1 aliphatic carbocycles. The molecule has 6 heteroatoms. The molecule has 2 heterocycles. The second kappa shape index (κ2) is 4.34. The van der Waals surface area contributed by atoms with Gasteiger partial charge in [0.1, 0.15) is 5.01 Å². The molecule has 0 aromatic carbocycles. The molecule has 1 saturated carbocycles. The van der Waals surface area contributed by atoms with Crippen molar-refractivity contribution in [1.29, 1.82) is 0 Å². The topological polar surface area (TPSA) is 69.1 Å². The molecule has 0 spiro atoms. The predicted octanol–water partition coefficient (Wildman–Crippen LogP) is 2.25. The Labute approximate surface area is 104 Å². The summed E-state index contributed by atoms with van der Waals surface area (Å²) in [6.07, 6.45) is 6.37. The molecule has 0 saturated heterocycles. The Morgan fingerprint density at radius 3 is 2.76 bits per heavy atom. The molecular formula is C11H17N5S. The van der Waals surface area contributed by atoms with Crippen LogP contribution in [0.15, 0.2) is 0 Å². The number of hydrogen-bond donors (Lipinski definition) is 1. The second-order valence-corrected chi connectivity index (χ2v) is 5.80. The lowest BCUT2D eigenvalue weighted by Crippen LogP contribution is -2.10. The number of rotatable bonds is 2. The van der Waals surface area contributed by atoms with Gasteiger partial charge in [-0.05, 0) is 19.8 Å². The lowest BCUT2D eigenvalue weighted by Gasteiger charge is -2.18. The normalized spacial score (nSPS) is 19.9. The lowest BCUT2D eigenvalue weighted by atomic mass is 9.89. The number of hydrogen-bond acceptors (Lipinski definition) is 5. The highest BCUT2D eigenvalue weighted by Crippen LogP contribution is 2.32. The lowest BCUT2D eigenvalue weighted by molar-refractivity contribution is 0.422. The molecule has 0 aliphatic heterocycles. The van der Waals surface area contributed by atoms with Gasteiger partial charge in [-0.2, -0.15) is 9.61 Å². The van der Waals surface area contributed by atoms with E-state index in [4.69, 9.17) is 5.73 Å². The van der Waals surface area contributed by atoms with Gasteiger partial charge in [0.2, 0.25) is 4.96 Å². The summed E-state index contributed by atoms with van der Waals surface area (Å²) in [5.74, 6) is 1.56. The second-order valence-electron chi connectivity index (χ2n) is 4.82. The third-order valence-corrected chi connectivity index (χ3v) is 4.49. The molecule has 92 valence electrons. The molecule has 1 unspecified atom stereocenters. The van der Waals surface area contributed by atoms with Gasteiger partial charge >= 0.3 is 0 Å². The van der Waals surface area contributed by atoms with E-state index in [0.717, 1.165) is 15.8 Å². The van der Waals surface area contributed by atoms with Gasteiger partial charge in [0, 0.05) is 5.92 Å². The largest absolute Gasteiger partial charge is 0.322 e. The number of fused-ring (bicyclic) bond motifs is 1. The fraction of sp³-hybridized carbons (Fsp3) is 0.727. The van der Waals surface area contributed by atoms with Crippen molar-refractivity contribution in [3.8, 4) is 0 Å². The van der Waals surface area contributed by atoms with E-state index in [1.165, 1.54) is 32.1 Å². The first-order valence-electron chi connectivity index (χ1n) is 6.23. The minimum absolute atomic E-state index is 0.0269. The van der Waals surface area contributed by atoms with Crippen LogP contribution in [0, 0.1) is 0 Å². The average Bonchev–Trinajstić information content (AvgIpc) is 2.89. The monoisotopic (exact) mass is 251 g/mol. The summed E-state index contributed by atoms with van der Waals surface area (Å²) in [6.45, 7) is 1.95. The van der Waals surface area contributed by atoms with Crippen molar-refractivity contribution in [3.63, 3.8) is 0 Å². The zero-order valence-corrected chi connectivity index (χ0v) is 10.8. The Kier molecular flexibility index (Phi) is 2.84. The van der Waals surface area contributed by atoms with Crippen LogP contribution in [-0.2, 0) is 0 Å². The van der Waals surface area contributed by atoms with E-state index in [1.807, 2.05) is 11.4 Å². The van der Waals surface area contributed by atoms with Crippen LogP contribution in [-0.4, -0.2) is 19.8 Å². The van der Waals surface area contributed by atoms with Crippen LogP contribution >= 0.6 is 11.3 Å². The van der Waals surface area contributed by atoms with Crippen molar-refractivity contribution in [3.05, 3.63) is 10.8 Å². The van der Waals surface area contributed by atoms with E-state index in [9.17, 15) is 0 Å². The van der Waals surface area contributed by atoms with Crippen molar-refractivity contribution in [2.24, 2.45) is 5.73 Å². The summed E-state index contributed by atoms with van der Waals surface area (Å²) in [6, 6.07) is -0.0269. The van der Waals surface area contributed by atoms with Crippen molar-refractivity contribution in [2.75, 3.05) is 0 Å². The Balaban J connectivity index is 1.98. The minimum Gasteiger partial charge on any atom is -0.322 e. The smallest absolute Gasteiger partial charge is 0.234 e. The average molecular weight is 251 g/mol. The molecule has 2 N–H and O–H groups in total. The highest BCUT2D eigenvalue weighted by Gasteiger charge is 2.23. The standard InChI is InChI=1S/C11H17N5S/c1-7(12)10-15-16-9(13-14-11(16)17-10)8-5-3-2-4-6-8/h7-8H,2-6,12H2,1H3. The van der Waals surface area contributed by atoms with E-state index in [0.29, 0.717) is 5.92 Å². The molecule has 2 aromatic rings. The summed E-state index contributed by atoms with van der Waals surface area (Å²) in [5.41, 5.74) is 5.85. The third kappa shape index (κ3) is 1.95.